The first-order chi connectivity index (χ1) is 8.90. The van der Waals surface area contributed by atoms with Crippen LogP contribution >= 0.6 is 0 Å². The number of aromatic nitrogens is 2. The highest BCUT2D eigenvalue weighted by Gasteiger charge is 2.17. The molecule has 0 unspecified atom stereocenters. The zero-order chi connectivity index (χ0) is 14.6. The van der Waals surface area contributed by atoms with Crippen LogP contribution < -0.4 is 10.2 Å². The first-order valence-corrected chi connectivity index (χ1v) is 6.38. The zero-order valence-corrected chi connectivity index (χ0v) is 12.6. The van der Waals surface area contributed by atoms with Crippen molar-refractivity contribution in [2.45, 2.75) is 20.8 Å². The van der Waals surface area contributed by atoms with Gasteiger partial charge in [0.25, 0.3) is 0 Å². The Bertz CT molecular complexity index is 459. The fourth-order valence-corrected chi connectivity index (χ4v) is 1.81. The zero-order valence-electron chi connectivity index (χ0n) is 12.6. The molecule has 0 radical (unpaired) electrons. The summed E-state index contributed by atoms with van der Waals surface area (Å²) in [6.07, 6.45) is 0. The largest absolute Gasteiger partial charge is 0.373 e. The van der Waals surface area contributed by atoms with E-state index in [0.717, 1.165) is 23.7 Å². The minimum atomic E-state index is 0.0588. The first kappa shape index (κ1) is 15.2. The Hall–Kier alpha value is -1.85. The van der Waals surface area contributed by atoms with E-state index in [1.54, 1.807) is 19.0 Å². The molecule has 6 heteroatoms. The molecular weight excluding hydrogens is 242 g/mol. The fraction of sp³-hybridized carbons (Fsp3) is 0.615. The van der Waals surface area contributed by atoms with Gasteiger partial charge in [-0.05, 0) is 20.8 Å². The molecule has 0 saturated carbocycles. The third-order valence-corrected chi connectivity index (χ3v) is 2.97. The van der Waals surface area contributed by atoms with Crippen molar-refractivity contribution in [2.75, 3.05) is 44.4 Å². The summed E-state index contributed by atoms with van der Waals surface area (Å²) in [6, 6.07) is 0. The maximum absolute atomic E-state index is 11.9. The van der Waals surface area contributed by atoms with Crippen molar-refractivity contribution >= 4 is 17.5 Å². The second-order valence-electron chi connectivity index (χ2n) is 4.62. The van der Waals surface area contributed by atoms with Crippen LogP contribution in [0.25, 0.3) is 0 Å². The van der Waals surface area contributed by atoms with Gasteiger partial charge in [-0.25, -0.2) is 9.97 Å². The van der Waals surface area contributed by atoms with E-state index in [-0.39, 0.29) is 5.91 Å². The van der Waals surface area contributed by atoms with Crippen LogP contribution in [0.15, 0.2) is 0 Å². The quantitative estimate of drug-likeness (QED) is 0.862. The Labute approximate surface area is 114 Å². The predicted octanol–water partition coefficient (Wildman–Crippen LogP) is 1.05. The molecule has 0 aliphatic heterocycles. The van der Waals surface area contributed by atoms with Gasteiger partial charge < -0.3 is 15.1 Å². The number of rotatable bonds is 5. The van der Waals surface area contributed by atoms with Gasteiger partial charge in [-0.3, -0.25) is 4.79 Å². The second kappa shape index (κ2) is 6.36. The SMILES string of the molecule is CCN(CC(=O)N(C)C)c1nc(C)nc(NC)c1C. The van der Waals surface area contributed by atoms with E-state index in [4.69, 9.17) is 0 Å². The number of amides is 1. The highest BCUT2D eigenvalue weighted by atomic mass is 16.2. The van der Waals surface area contributed by atoms with E-state index in [9.17, 15) is 4.79 Å². The third kappa shape index (κ3) is 3.56. The number of nitrogens with zero attached hydrogens (tertiary/aromatic N) is 4. The van der Waals surface area contributed by atoms with Crippen LogP contribution in [0.3, 0.4) is 0 Å². The second-order valence-corrected chi connectivity index (χ2v) is 4.62. The van der Waals surface area contributed by atoms with Gasteiger partial charge >= 0.3 is 0 Å². The average Bonchev–Trinajstić information content (AvgIpc) is 2.37. The summed E-state index contributed by atoms with van der Waals surface area (Å²) in [7, 11) is 5.35. The van der Waals surface area contributed by atoms with E-state index >= 15 is 0 Å². The van der Waals surface area contributed by atoms with Crippen LogP contribution in [-0.2, 0) is 4.79 Å². The monoisotopic (exact) mass is 265 g/mol. The molecule has 0 bridgehead atoms. The molecule has 1 aromatic rings. The number of hydrogen-bond acceptors (Lipinski definition) is 5. The molecule has 19 heavy (non-hydrogen) atoms. The van der Waals surface area contributed by atoms with Crippen LogP contribution in [0.1, 0.15) is 18.3 Å². The predicted molar refractivity (Wildman–Crippen MR) is 77.6 cm³/mol. The number of nitrogens with one attached hydrogen (secondary N) is 1. The number of hydrogen-bond donors (Lipinski definition) is 1. The summed E-state index contributed by atoms with van der Waals surface area (Å²) in [4.78, 5) is 24.2. The molecule has 0 spiro atoms. The Balaban J connectivity index is 3.11. The lowest BCUT2D eigenvalue weighted by Crippen LogP contribution is -2.37. The van der Waals surface area contributed by atoms with Gasteiger partial charge in [0.15, 0.2) is 0 Å². The van der Waals surface area contributed by atoms with E-state index in [0.29, 0.717) is 12.4 Å². The number of carbonyl (C=O) groups excluding carboxylic acids is 1. The Kier molecular flexibility index (Phi) is 5.09. The fourth-order valence-electron chi connectivity index (χ4n) is 1.81. The van der Waals surface area contributed by atoms with Gasteiger partial charge in [0.1, 0.15) is 17.5 Å². The van der Waals surface area contributed by atoms with Crippen LogP contribution in [0.5, 0.6) is 0 Å². The summed E-state index contributed by atoms with van der Waals surface area (Å²) in [5, 5.41) is 3.06. The van der Waals surface area contributed by atoms with E-state index in [1.165, 1.54) is 0 Å². The van der Waals surface area contributed by atoms with Gasteiger partial charge in [0.2, 0.25) is 5.91 Å². The normalized spacial score (nSPS) is 10.2. The highest BCUT2D eigenvalue weighted by Crippen LogP contribution is 2.23. The minimum absolute atomic E-state index is 0.0588. The van der Waals surface area contributed by atoms with Gasteiger partial charge in [-0.1, -0.05) is 0 Å². The maximum atomic E-state index is 11.9. The molecule has 0 aliphatic carbocycles. The lowest BCUT2D eigenvalue weighted by molar-refractivity contribution is -0.127. The summed E-state index contributed by atoms with van der Waals surface area (Å²) >= 11 is 0. The van der Waals surface area contributed by atoms with Crippen molar-refractivity contribution in [3.05, 3.63) is 11.4 Å². The van der Waals surface area contributed by atoms with E-state index < -0.39 is 0 Å². The number of aryl methyl sites for hydroxylation is 1. The number of carbonyl (C=O) groups is 1. The van der Waals surface area contributed by atoms with Crippen molar-refractivity contribution in [3.63, 3.8) is 0 Å². The molecule has 1 aromatic heterocycles. The maximum Gasteiger partial charge on any atom is 0.241 e. The molecular formula is C13H23N5O. The average molecular weight is 265 g/mol. The highest BCUT2D eigenvalue weighted by molar-refractivity contribution is 5.81. The molecule has 0 aliphatic rings. The molecule has 0 atom stereocenters. The molecule has 0 fully saturated rings. The first-order valence-electron chi connectivity index (χ1n) is 6.38. The topological polar surface area (TPSA) is 61.4 Å². The molecule has 0 aromatic carbocycles. The molecule has 1 N–H and O–H groups in total. The van der Waals surface area contributed by atoms with Crippen LogP contribution in [0, 0.1) is 13.8 Å². The van der Waals surface area contributed by atoms with Crippen molar-refractivity contribution < 1.29 is 4.79 Å². The van der Waals surface area contributed by atoms with Gasteiger partial charge in [-0.15, -0.1) is 0 Å². The Morgan fingerprint density at radius 2 is 1.89 bits per heavy atom. The van der Waals surface area contributed by atoms with Crippen molar-refractivity contribution in [3.8, 4) is 0 Å². The molecule has 1 rings (SSSR count). The van der Waals surface area contributed by atoms with E-state index in [2.05, 4.69) is 15.3 Å². The summed E-state index contributed by atoms with van der Waals surface area (Å²) in [5.41, 5.74) is 0.960. The molecule has 1 heterocycles. The van der Waals surface area contributed by atoms with Gasteiger partial charge in [0, 0.05) is 33.3 Å². The number of anilines is 2. The van der Waals surface area contributed by atoms with Crippen LogP contribution in [-0.4, -0.2) is 55.0 Å². The molecule has 6 nitrogen and oxygen atoms in total. The summed E-state index contributed by atoms with van der Waals surface area (Å²) in [6.45, 7) is 6.87. The van der Waals surface area contributed by atoms with E-state index in [1.807, 2.05) is 32.7 Å². The summed E-state index contributed by atoms with van der Waals surface area (Å²) < 4.78 is 0. The lowest BCUT2D eigenvalue weighted by atomic mass is 10.2. The van der Waals surface area contributed by atoms with Crippen molar-refractivity contribution in [2.24, 2.45) is 0 Å². The Morgan fingerprint density at radius 3 is 2.37 bits per heavy atom. The molecule has 1 amide bonds. The molecule has 0 saturated heterocycles. The third-order valence-electron chi connectivity index (χ3n) is 2.97. The lowest BCUT2D eigenvalue weighted by Gasteiger charge is -2.25. The smallest absolute Gasteiger partial charge is 0.241 e. The minimum Gasteiger partial charge on any atom is -0.373 e. The summed E-state index contributed by atoms with van der Waals surface area (Å²) in [5.74, 6) is 2.37. The van der Waals surface area contributed by atoms with Gasteiger partial charge in [0.05, 0.1) is 6.54 Å². The Morgan fingerprint density at radius 1 is 1.26 bits per heavy atom. The van der Waals surface area contributed by atoms with Crippen molar-refractivity contribution in [1.82, 2.24) is 14.9 Å². The van der Waals surface area contributed by atoms with Crippen LogP contribution in [0.2, 0.25) is 0 Å². The van der Waals surface area contributed by atoms with Crippen molar-refractivity contribution in [1.29, 1.82) is 0 Å². The standard InChI is InChI=1S/C13H23N5O/c1-7-18(8-11(19)17(5)6)13-9(2)12(14-4)15-10(3)16-13/h7-8H2,1-6H3,(H,14,15,16). The number of likely N-dealkylation sites (N-methyl/N-ethyl adjacent to an activating group) is 2. The van der Waals surface area contributed by atoms with Gasteiger partial charge in [-0.2, -0.15) is 0 Å². The molecule has 106 valence electrons. The van der Waals surface area contributed by atoms with Crippen LogP contribution in [0.4, 0.5) is 11.6 Å².